The Labute approximate surface area is 112 Å². The van der Waals surface area contributed by atoms with Crippen molar-refractivity contribution >= 4 is 0 Å². The van der Waals surface area contributed by atoms with E-state index in [1.807, 2.05) is 0 Å². The van der Waals surface area contributed by atoms with Gasteiger partial charge in [-0.25, -0.2) is 0 Å². The van der Waals surface area contributed by atoms with E-state index >= 15 is 0 Å². The van der Waals surface area contributed by atoms with Crippen molar-refractivity contribution in [3.8, 4) is 0 Å². The maximum atomic E-state index is 6.30. The molecule has 0 heterocycles. The zero-order valence-electron chi connectivity index (χ0n) is 11.7. The van der Waals surface area contributed by atoms with E-state index in [0.717, 1.165) is 18.9 Å². The van der Waals surface area contributed by atoms with Gasteiger partial charge in [0.25, 0.3) is 0 Å². The van der Waals surface area contributed by atoms with Crippen LogP contribution in [0.4, 0.5) is 0 Å². The monoisotopic (exact) mass is 251 g/mol. The van der Waals surface area contributed by atoms with Crippen molar-refractivity contribution < 1.29 is 4.74 Å². The van der Waals surface area contributed by atoms with Gasteiger partial charge in [-0.1, -0.05) is 38.5 Å². The molecule has 1 spiro atoms. The number of nitrogens with two attached hydrogens (primary N) is 1. The van der Waals surface area contributed by atoms with Crippen LogP contribution in [0.1, 0.15) is 70.6 Å². The molecule has 2 atom stereocenters. The van der Waals surface area contributed by atoms with Gasteiger partial charge in [0.05, 0.1) is 6.10 Å². The molecule has 3 fully saturated rings. The van der Waals surface area contributed by atoms with E-state index in [-0.39, 0.29) is 0 Å². The SMILES string of the molecule is NC1CC(OCC2CCCCCC2)C12CCCC2. The Morgan fingerprint density at radius 1 is 0.944 bits per heavy atom. The Morgan fingerprint density at radius 2 is 1.61 bits per heavy atom. The van der Waals surface area contributed by atoms with Crippen LogP contribution in [0, 0.1) is 11.3 Å². The van der Waals surface area contributed by atoms with Crippen molar-refractivity contribution in [3.63, 3.8) is 0 Å². The second-order valence-electron chi connectivity index (χ2n) is 6.96. The summed E-state index contributed by atoms with van der Waals surface area (Å²) in [7, 11) is 0. The molecule has 0 aromatic carbocycles. The Balaban J connectivity index is 1.48. The number of hydrogen-bond donors (Lipinski definition) is 1. The molecule has 0 bridgehead atoms. The van der Waals surface area contributed by atoms with Gasteiger partial charge in [0, 0.05) is 18.1 Å². The molecule has 0 amide bonds. The van der Waals surface area contributed by atoms with E-state index in [4.69, 9.17) is 10.5 Å². The van der Waals surface area contributed by atoms with Crippen LogP contribution in [-0.4, -0.2) is 18.8 Å². The van der Waals surface area contributed by atoms with Crippen LogP contribution in [-0.2, 0) is 4.74 Å². The predicted octanol–water partition coefficient (Wildman–Crippen LogP) is 3.63. The maximum Gasteiger partial charge on any atom is 0.0661 e. The van der Waals surface area contributed by atoms with Gasteiger partial charge in [0.1, 0.15) is 0 Å². The molecular formula is C16H29NO. The summed E-state index contributed by atoms with van der Waals surface area (Å²) in [5, 5.41) is 0. The summed E-state index contributed by atoms with van der Waals surface area (Å²) >= 11 is 0. The third kappa shape index (κ3) is 2.34. The first-order valence-corrected chi connectivity index (χ1v) is 8.18. The predicted molar refractivity (Wildman–Crippen MR) is 74.4 cm³/mol. The van der Waals surface area contributed by atoms with Gasteiger partial charge in [-0.15, -0.1) is 0 Å². The number of hydrogen-bond acceptors (Lipinski definition) is 2. The Kier molecular flexibility index (Phi) is 3.95. The molecule has 3 saturated carbocycles. The second-order valence-corrected chi connectivity index (χ2v) is 6.96. The van der Waals surface area contributed by atoms with E-state index in [0.29, 0.717) is 17.6 Å². The van der Waals surface area contributed by atoms with Crippen molar-refractivity contribution in [3.05, 3.63) is 0 Å². The molecule has 0 radical (unpaired) electrons. The highest BCUT2D eigenvalue weighted by atomic mass is 16.5. The lowest BCUT2D eigenvalue weighted by atomic mass is 9.61. The third-order valence-corrected chi connectivity index (χ3v) is 5.89. The molecule has 2 heteroatoms. The average Bonchev–Trinajstić information content (AvgIpc) is 2.77. The molecule has 0 aromatic rings. The summed E-state index contributed by atoms with van der Waals surface area (Å²) in [6, 6.07) is 0.430. The maximum absolute atomic E-state index is 6.30. The summed E-state index contributed by atoms with van der Waals surface area (Å²) in [5.41, 5.74) is 6.66. The lowest BCUT2D eigenvalue weighted by Crippen LogP contribution is -2.61. The van der Waals surface area contributed by atoms with Crippen molar-refractivity contribution in [2.24, 2.45) is 17.1 Å². The molecule has 0 aliphatic heterocycles. The fraction of sp³-hybridized carbons (Fsp3) is 1.00. The van der Waals surface area contributed by atoms with Gasteiger partial charge >= 0.3 is 0 Å². The van der Waals surface area contributed by atoms with E-state index in [1.165, 1.54) is 64.2 Å². The highest BCUT2D eigenvalue weighted by Crippen LogP contribution is 2.53. The molecule has 2 N–H and O–H groups in total. The molecule has 2 unspecified atom stereocenters. The first-order chi connectivity index (χ1) is 8.81. The fourth-order valence-corrected chi connectivity index (χ4v) is 4.52. The molecule has 2 nitrogen and oxygen atoms in total. The van der Waals surface area contributed by atoms with E-state index in [2.05, 4.69) is 0 Å². The van der Waals surface area contributed by atoms with E-state index in [1.54, 1.807) is 0 Å². The Hall–Kier alpha value is -0.0800. The zero-order valence-corrected chi connectivity index (χ0v) is 11.7. The van der Waals surface area contributed by atoms with Crippen molar-refractivity contribution in [2.45, 2.75) is 82.8 Å². The highest BCUT2D eigenvalue weighted by molar-refractivity contribution is 5.08. The first kappa shape index (κ1) is 12.9. The molecular weight excluding hydrogens is 222 g/mol. The first-order valence-electron chi connectivity index (χ1n) is 8.18. The van der Waals surface area contributed by atoms with Gasteiger partial charge in [-0.3, -0.25) is 0 Å². The van der Waals surface area contributed by atoms with E-state index < -0.39 is 0 Å². The quantitative estimate of drug-likeness (QED) is 0.777. The second kappa shape index (κ2) is 5.50. The van der Waals surface area contributed by atoms with Gasteiger partial charge in [0.2, 0.25) is 0 Å². The van der Waals surface area contributed by atoms with Gasteiger partial charge in [-0.2, -0.15) is 0 Å². The fourth-order valence-electron chi connectivity index (χ4n) is 4.52. The van der Waals surface area contributed by atoms with Gasteiger partial charge < -0.3 is 10.5 Å². The molecule has 0 aromatic heterocycles. The van der Waals surface area contributed by atoms with Gasteiger partial charge in [0.15, 0.2) is 0 Å². The lowest BCUT2D eigenvalue weighted by molar-refractivity contribution is -0.132. The Bertz CT molecular complexity index is 264. The molecule has 3 rings (SSSR count). The van der Waals surface area contributed by atoms with Crippen LogP contribution in [0.2, 0.25) is 0 Å². The van der Waals surface area contributed by atoms with Crippen molar-refractivity contribution in [2.75, 3.05) is 6.61 Å². The minimum atomic E-state index is 0.394. The molecule has 3 aliphatic rings. The van der Waals surface area contributed by atoms with Crippen LogP contribution in [0.25, 0.3) is 0 Å². The summed E-state index contributed by atoms with van der Waals surface area (Å²) in [6.45, 7) is 1.01. The normalized spacial score (nSPS) is 36.5. The largest absolute Gasteiger partial charge is 0.377 e. The third-order valence-electron chi connectivity index (χ3n) is 5.89. The lowest BCUT2D eigenvalue weighted by Gasteiger charge is -2.52. The van der Waals surface area contributed by atoms with Gasteiger partial charge in [-0.05, 0) is 38.0 Å². The topological polar surface area (TPSA) is 35.2 Å². The van der Waals surface area contributed by atoms with Crippen LogP contribution in [0.15, 0.2) is 0 Å². The highest BCUT2D eigenvalue weighted by Gasteiger charge is 2.55. The van der Waals surface area contributed by atoms with Crippen LogP contribution < -0.4 is 5.73 Å². The smallest absolute Gasteiger partial charge is 0.0661 e. The Morgan fingerprint density at radius 3 is 2.22 bits per heavy atom. The molecule has 18 heavy (non-hydrogen) atoms. The van der Waals surface area contributed by atoms with Crippen LogP contribution in [0.5, 0.6) is 0 Å². The summed E-state index contributed by atoms with van der Waals surface area (Å²) in [5.74, 6) is 0.836. The molecule has 0 saturated heterocycles. The van der Waals surface area contributed by atoms with Crippen molar-refractivity contribution in [1.29, 1.82) is 0 Å². The molecule has 3 aliphatic carbocycles. The van der Waals surface area contributed by atoms with Crippen LogP contribution in [0.3, 0.4) is 0 Å². The minimum absolute atomic E-state index is 0.394. The zero-order chi connectivity index (χ0) is 12.4. The summed E-state index contributed by atoms with van der Waals surface area (Å²) < 4.78 is 6.30. The van der Waals surface area contributed by atoms with Crippen LogP contribution >= 0.6 is 0 Å². The number of rotatable bonds is 3. The number of ether oxygens (including phenoxy) is 1. The summed E-state index contributed by atoms with van der Waals surface area (Å²) in [6.07, 6.45) is 15.5. The standard InChI is InChI=1S/C16H29NO/c17-14-11-15(16(14)9-5-6-10-16)18-12-13-7-3-1-2-4-8-13/h13-15H,1-12,17H2. The van der Waals surface area contributed by atoms with E-state index in [9.17, 15) is 0 Å². The average molecular weight is 251 g/mol. The summed E-state index contributed by atoms with van der Waals surface area (Å²) in [4.78, 5) is 0. The minimum Gasteiger partial charge on any atom is -0.377 e. The molecule has 104 valence electrons. The van der Waals surface area contributed by atoms with Crippen molar-refractivity contribution in [1.82, 2.24) is 0 Å².